The number of amides is 2. The van der Waals surface area contributed by atoms with Crippen molar-refractivity contribution in [1.29, 1.82) is 0 Å². The maximum atomic E-state index is 12.6. The number of carbonyl (C=O) groups is 4. The Labute approximate surface area is 328 Å². The third-order valence-electron chi connectivity index (χ3n) is 7.52. The van der Waals surface area contributed by atoms with Crippen molar-refractivity contribution in [3.05, 3.63) is 12.7 Å². The minimum atomic E-state index is -5.54. The number of phosphoric ester groups is 3. The van der Waals surface area contributed by atoms with Gasteiger partial charge in [-0.1, -0.05) is 20.8 Å². The number of thiol groups is 1. The Kier molecular flexibility index (Phi) is 18.6. The number of aliphatic hydroxyl groups excluding tert-OH is 2. The monoisotopic (exact) mass is 899 g/mol. The zero-order valence-corrected chi connectivity index (χ0v) is 33.8. The molecule has 1 aliphatic heterocycles. The van der Waals surface area contributed by atoms with Crippen LogP contribution in [0.3, 0.4) is 0 Å². The molecule has 0 spiro atoms. The summed E-state index contributed by atoms with van der Waals surface area (Å²) in [5.74, 6) is -4.73. The molecule has 1 aliphatic rings. The quantitative estimate of drug-likeness (QED) is 0.0386. The summed E-state index contributed by atoms with van der Waals surface area (Å²) in [6.45, 7) is 2.24. The number of nitrogen functional groups attached to an aromatic ring is 1. The standard InChI is InChI=1S/C21H36N7O16P3S.C5H8O4/c1-21(2,16(31)19(32)24-4-3-12(29)23-5-6-48)8-41-47(38,39)44-46(36,37)40-7-11-15(43-45(33,34)35)14(30)20(42-11)28-10-27-13-17(22)25-9-26-18(13)28;1-2-3(4(6)7)5(8)9/h9-11,14-16,20,30-31,48H,3-8H2,1-2H3,(H,23,29)(H,24,32)(H,36,37)(H,38,39)(H2,22,25,26)(H2,33,34,35);3H,2H2,1H3,(H,6,7)(H,8,9)/t11-,14-,15-,16+,20-;/m1./s1. The molecule has 27 nitrogen and oxygen atoms in total. The van der Waals surface area contributed by atoms with Crippen molar-refractivity contribution in [2.24, 2.45) is 11.3 Å². The number of anilines is 1. The fourth-order valence-electron chi connectivity index (χ4n) is 4.59. The number of nitrogens with two attached hydrogens (primary N) is 1. The highest BCUT2D eigenvalue weighted by molar-refractivity contribution is 7.80. The van der Waals surface area contributed by atoms with E-state index in [-0.39, 0.29) is 42.3 Å². The Morgan fingerprint density at radius 3 is 2.18 bits per heavy atom. The first-order chi connectivity index (χ1) is 26.3. The summed E-state index contributed by atoms with van der Waals surface area (Å²) in [5, 5.41) is 42.4. The molecule has 324 valence electrons. The van der Waals surface area contributed by atoms with Gasteiger partial charge >= 0.3 is 35.4 Å². The molecule has 3 rings (SSSR count). The first-order valence-corrected chi connectivity index (χ1v) is 21.4. The number of carbonyl (C=O) groups excluding carboxylic acids is 2. The van der Waals surface area contributed by atoms with Gasteiger partial charge in [-0.05, 0) is 6.42 Å². The molecule has 0 radical (unpaired) electrons. The van der Waals surface area contributed by atoms with Crippen molar-refractivity contribution < 1.29 is 95.5 Å². The molecule has 12 N–H and O–H groups in total. The number of carboxylic acid groups (broad SMARTS) is 2. The number of aliphatic carboxylic acids is 2. The highest BCUT2D eigenvalue weighted by Gasteiger charge is 2.50. The number of aromatic nitrogens is 4. The normalized spacial score (nSPS) is 21.2. The molecular weight excluding hydrogens is 855 g/mol. The van der Waals surface area contributed by atoms with Crippen LogP contribution >= 0.6 is 36.1 Å². The number of imidazole rings is 1. The van der Waals surface area contributed by atoms with Gasteiger partial charge in [0.1, 0.15) is 36.3 Å². The summed E-state index contributed by atoms with van der Waals surface area (Å²) in [7, 11) is -16.3. The van der Waals surface area contributed by atoms with Gasteiger partial charge in [0.15, 0.2) is 23.6 Å². The van der Waals surface area contributed by atoms with Gasteiger partial charge in [0.25, 0.3) is 0 Å². The van der Waals surface area contributed by atoms with Gasteiger partial charge in [-0.15, -0.1) is 0 Å². The van der Waals surface area contributed by atoms with Gasteiger partial charge in [-0.3, -0.25) is 37.3 Å². The Morgan fingerprint density at radius 2 is 1.63 bits per heavy atom. The number of aliphatic hydroxyl groups is 2. The first-order valence-electron chi connectivity index (χ1n) is 16.2. The van der Waals surface area contributed by atoms with E-state index < -0.39 is 96.5 Å². The number of carboxylic acids is 2. The number of nitrogens with zero attached hydrogens (tertiary/aromatic N) is 4. The van der Waals surface area contributed by atoms with Crippen LogP contribution in [0.5, 0.6) is 0 Å². The van der Waals surface area contributed by atoms with E-state index in [1.807, 2.05) is 0 Å². The highest BCUT2D eigenvalue weighted by Crippen LogP contribution is 2.61. The van der Waals surface area contributed by atoms with Crippen LogP contribution in [0.1, 0.15) is 39.8 Å². The summed E-state index contributed by atoms with van der Waals surface area (Å²) >= 11 is 3.95. The average Bonchev–Trinajstić information content (AvgIpc) is 3.65. The lowest BCUT2D eigenvalue weighted by Gasteiger charge is -2.30. The summed E-state index contributed by atoms with van der Waals surface area (Å²) in [4.78, 5) is 94.6. The second kappa shape index (κ2) is 21.2. The summed E-state index contributed by atoms with van der Waals surface area (Å²) in [6, 6.07) is 0. The SMILES string of the molecule is CC(C)(COP(=O)(O)OP(=O)(O)OC[C@H]1O[C@@H](n2cnc3c(N)ncnc32)[C@H](O)[C@@H]1OP(=O)(O)O)[C@@H](O)C(=O)NCCC(=O)NCCS.CCC(C(=O)O)C(=O)O. The van der Waals surface area contributed by atoms with Gasteiger partial charge in [0.2, 0.25) is 11.8 Å². The molecule has 3 heterocycles. The molecule has 31 heteroatoms. The van der Waals surface area contributed by atoms with Gasteiger partial charge in [0, 0.05) is 30.7 Å². The van der Waals surface area contributed by atoms with Crippen LogP contribution in [-0.4, -0.2) is 140 Å². The summed E-state index contributed by atoms with van der Waals surface area (Å²) in [6.07, 6.45) is -6.61. The largest absolute Gasteiger partial charge is 0.481 e. The topological polar surface area (TPSA) is 421 Å². The molecule has 7 atom stereocenters. The van der Waals surface area contributed by atoms with E-state index in [1.165, 1.54) is 20.8 Å². The predicted octanol–water partition coefficient (Wildman–Crippen LogP) is -1.48. The molecular formula is C26H44N7O20P3S. The molecule has 57 heavy (non-hydrogen) atoms. The van der Waals surface area contributed by atoms with E-state index in [9.17, 15) is 62.7 Å². The molecule has 1 saturated heterocycles. The molecule has 2 unspecified atom stereocenters. The third kappa shape index (κ3) is 15.5. The Bertz CT molecular complexity index is 1850. The predicted molar refractivity (Wildman–Crippen MR) is 193 cm³/mol. The van der Waals surface area contributed by atoms with E-state index >= 15 is 0 Å². The van der Waals surface area contributed by atoms with Crippen LogP contribution in [0.2, 0.25) is 0 Å². The van der Waals surface area contributed by atoms with Crippen molar-refractivity contribution in [3.63, 3.8) is 0 Å². The molecule has 0 aliphatic carbocycles. The van der Waals surface area contributed by atoms with Crippen LogP contribution in [0.25, 0.3) is 11.2 Å². The van der Waals surface area contributed by atoms with Crippen LogP contribution < -0.4 is 16.4 Å². The molecule has 2 aromatic rings. The fourth-order valence-corrected chi connectivity index (χ4v) is 7.53. The zero-order valence-electron chi connectivity index (χ0n) is 30.2. The van der Waals surface area contributed by atoms with E-state index in [2.05, 4.69) is 47.0 Å². The van der Waals surface area contributed by atoms with Crippen LogP contribution in [0.15, 0.2) is 12.7 Å². The van der Waals surface area contributed by atoms with Crippen molar-refractivity contribution in [2.45, 2.75) is 64.3 Å². The number of nitrogens with one attached hydrogen (secondary N) is 2. The maximum Gasteiger partial charge on any atom is 0.481 e. The van der Waals surface area contributed by atoms with Crippen LogP contribution in [0.4, 0.5) is 5.82 Å². The van der Waals surface area contributed by atoms with E-state index in [1.54, 1.807) is 0 Å². The van der Waals surface area contributed by atoms with Crippen molar-refractivity contribution in [2.75, 3.05) is 37.8 Å². The fraction of sp³-hybridized carbons (Fsp3) is 0.654. The lowest BCUT2D eigenvalue weighted by molar-refractivity contribution is -0.154. The molecule has 0 saturated carbocycles. The van der Waals surface area contributed by atoms with Gasteiger partial charge in [-0.25, -0.2) is 28.6 Å². The van der Waals surface area contributed by atoms with Gasteiger partial charge < -0.3 is 61.1 Å². The lowest BCUT2D eigenvalue weighted by Crippen LogP contribution is -2.46. The molecule has 0 bridgehead atoms. The average molecular weight is 900 g/mol. The molecule has 2 amide bonds. The Morgan fingerprint density at radius 1 is 1.02 bits per heavy atom. The highest BCUT2D eigenvalue weighted by atomic mass is 32.1. The summed E-state index contributed by atoms with van der Waals surface area (Å²) < 4.78 is 61.7. The second-order valence-electron chi connectivity index (χ2n) is 12.4. The molecule has 0 aromatic carbocycles. The minimum Gasteiger partial charge on any atom is -0.481 e. The van der Waals surface area contributed by atoms with Crippen molar-refractivity contribution in [1.82, 2.24) is 30.2 Å². The lowest BCUT2D eigenvalue weighted by atomic mass is 9.87. The van der Waals surface area contributed by atoms with Gasteiger partial charge in [-0.2, -0.15) is 16.9 Å². The summed E-state index contributed by atoms with van der Waals surface area (Å²) in [5.41, 5.74) is 4.30. The smallest absolute Gasteiger partial charge is 0.481 e. The van der Waals surface area contributed by atoms with E-state index in [4.69, 9.17) is 29.7 Å². The van der Waals surface area contributed by atoms with Crippen molar-refractivity contribution >= 4 is 76.8 Å². The third-order valence-corrected chi connectivity index (χ3v) is 10.8. The Hall–Kier alpha value is -3.17. The molecule has 2 aromatic heterocycles. The first kappa shape index (κ1) is 50.0. The maximum absolute atomic E-state index is 12.6. The number of phosphoric acid groups is 3. The van der Waals surface area contributed by atoms with E-state index in [0.717, 1.165) is 17.2 Å². The minimum absolute atomic E-state index is 0.0363. The number of hydrogen-bond donors (Lipinski definition) is 12. The van der Waals surface area contributed by atoms with E-state index in [0.29, 0.717) is 12.3 Å². The number of ether oxygens (including phenoxy) is 1. The van der Waals surface area contributed by atoms with Gasteiger partial charge in [0.05, 0.1) is 19.5 Å². The van der Waals surface area contributed by atoms with Crippen LogP contribution in [0, 0.1) is 11.3 Å². The number of hydrogen-bond acceptors (Lipinski definition) is 19. The molecule has 1 fully saturated rings. The number of fused-ring (bicyclic) bond motifs is 1. The second-order valence-corrected chi connectivity index (χ2v) is 17.1. The zero-order chi connectivity index (χ0) is 43.5. The number of rotatable bonds is 21. The Balaban J connectivity index is 0.00000111. The van der Waals surface area contributed by atoms with Crippen LogP contribution in [-0.2, 0) is 55.5 Å². The van der Waals surface area contributed by atoms with Crippen molar-refractivity contribution in [3.8, 4) is 0 Å².